The van der Waals surface area contributed by atoms with E-state index in [4.69, 9.17) is 0 Å². The zero-order chi connectivity index (χ0) is 15.5. The van der Waals surface area contributed by atoms with Crippen LogP contribution in [0.15, 0.2) is 30.6 Å². The van der Waals surface area contributed by atoms with Crippen molar-refractivity contribution in [3.63, 3.8) is 0 Å². The smallest absolute Gasteiger partial charge is 0.255 e. The summed E-state index contributed by atoms with van der Waals surface area (Å²) in [5, 5.41) is 0. The van der Waals surface area contributed by atoms with Gasteiger partial charge in [0.25, 0.3) is 5.91 Å². The maximum Gasteiger partial charge on any atom is 0.255 e. The third-order valence-corrected chi connectivity index (χ3v) is 4.16. The minimum absolute atomic E-state index is 0.0704. The average Bonchev–Trinajstić information content (AvgIpc) is 2.55. The first-order chi connectivity index (χ1) is 10.6. The molecule has 5 nitrogen and oxygen atoms in total. The molecule has 114 valence electrons. The fourth-order valence-electron chi connectivity index (χ4n) is 2.99. The van der Waals surface area contributed by atoms with Gasteiger partial charge in [0.15, 0.2) is 0 Å². The molecule has 1 aliphatic rings. The Labute approximate surface area is 130 Å². The van der Waals surface area contributed by atoms with Crippen molar-refractivity contribution in [2.24, 2.45) is 0 Å². The summed E-state index contributed by atoms with van der Waals surface area (Å²) >= 11 is 0. The first kappa shape index (κ1) is 14.6. The van der Waals surface area contributed by atoms with E-state index in [0.29, 0.717) is 12.1 Å². The summed E-state index contributed by atoms with van der Waals surface area (Å²) in [7, 11) is 0. The molecule has 2 aromatic rings. The molecule has 3 heterocycles. The number of carbonyl (C=O) groups excluding carboxylic acids is 1. The van der Waals surface area contributed by atoms with E-state index in [1.807, 2.05) is 36.9 Å². The van der Waals surface area contributed by atoms with Crippen LogP contribution in [-0.4, -0.2) is 38.8 Å². The van der Waals surface area contributed by atoms with E-state index in [-0.39, 0.29) is 11.8 Å². The van der Waals surface area contributed by atoms with Crippen molar-refractivity contribution < 1.29 is 4.79 Å². The van der Waals surface area contributed by atoms with Gasteiger partial charge >= 0.3 is 0 Å². The lowest BCUT2D eigenvalue weighted by atomic mass is 9.94. The van der Waals surface area contributed by atoms with Gasteiger partial charge in [-0.25, -0.2) is 9.97 Å². The molecule has 0 radical (unpaired) electrons. The first-order valence-electron chi connectivity index (χ1n) is 7.65. The Morgan fingerprint density at radius 2 is 2.09 bits per heavy atom. The van der Waals surface area contributed by atoms with Crippen LogP contribution in [0.25, 0.3) is 0 Å². The van der Waals surface area contributed by atoms with E-state index in [0.717, 1.165) is 36.6 Å². The van der Waals surface area contributed by atoms with Crippen molar-refractivity contribution in [2.75, 3.05) is 13.1 Å². The summed E-state index contributed by atoms with van der Waals surface area (Å²) in [6, 6.07) is 5.62. The second-order valence-corrected chi connectivity index (χ2v) is 5.76. The lowest BCUT2D eigenvalue weighted by molar-refractivity contribution is 0.0704. The Morgan fingerprint density at radius 1 is 1.23 bits per heavy atom. The van der Waals surface area contributed by atoms with E-state index in [9.17, 15) is 4.79 Å². The highest BCUT2D eigenvalue weighted by Crippen LogP contribution is 2.26. The van der Waals surface area contributed by atoms with Crippen molar-refractivity contribution in [1.82, 2.24) is 19.9 Å². The van der Waals surface area contributed by atoms with Crippen LogP contribution < -0.4 is 0 Å². The second-order valence-electron chi connectivity index (χ2n) is 5.76. The minimum atomic E-state index is 0.0704. The molecule has 0 bridgehead atoms. The number of aryl methyl sites for hydroxylation is 2. The Balaban J connectivity index is 1.78. The number of amides is 1. The highest BCUT2D eigenvalue weighted by Gasteiger charge is 2.27. The maximum atomic E-state index is 12.7. The van der Waals surface area contributed by atoms with Crippen LogP contribution in [0.2, 0.25) is 0 Å². The number of pyridine rings is 1. The van der Waals surface area contributed by atoms with Gasteiger partial charge in [-0.3, -0.25) is 9.78 Å². The minimum Gasteiger partial charge on any atom is -0.338 e. The molecule has 0 spiro atoms. The molecule has 1 atom stereocenters. The summed E-state index contributed by atoms with van der Waals surface area (Å²) in [6.45, 7) is 5.29. The van der Waals surface area contributed by atoms with Gasteiger partial charge in [0.1, 0.15) is 5.82 Å². The molecular weight excluding hydrogens is 276 g/mol. The lowest BCUT2D eigenvalue weighted by Crippen LogP contribution is -2.39. The molecule has 1 amide bonds. The third-order valence-electron chi connectivity index (χ3n) is 4.16. The van der Waals surface area contributed by atoms with Gasteiger partial charge < -0.3 is 4.90 Å². The van der Waals surface area contributed by atoms with Gasteiger partial charge in [-0.05, 0) is 44.9 Å². The molecule has 0 unspecified atom stereocenters. The zero-order valence-electron chi connectivity index (χ0n) is 13.0. The van der Waals surface area contributed by atoms with Crippen LogP contribution in [0.5, 0.6) is 0 Å². The molecule has 5 heteroatoms. The molecule has 0 aromatic carbocycles. The predicted octanol–water partition coefficient (Wildman–Crippen LogP) is 2.51. The molecule has 2 aromatic heterocycles. The largest absolute Gasteiger partial charge is 0.338 e. The van der Waals surface area contributed by atoms with Crippen molar-refractivity contribution in [3.8, 4) is 0 Å². The van der Waals surface area contributed by atoms with Crippen molar-refractivity contribution in [3.05, 3.63) is 53.4 Å². The molecule has 1 fully saturated rings. The summed E-state index contributed by atoms with van der Waals surface area (Å²) < 4.78 is 0. The number of hydrogen-bond donors (Lipinski definition) is 0. The van der Waals surface area contributed by atoms with Gasteiger partial charge in [-0.2, -0.15) is 0 Å². The van der Waals surface area contributed by atoms with Gasteiger partial charge in [-0.15, -0.1) is 0 Å². The molecular formula is C17H20N4O. The SMILES string of the molecule is Cc1nccc([C@H]2CCCN(C(=O)c3cccnc3C)C2)n1. The lowest BCUT2D eigenvalue weighted by Gasteiger charge is -2.32. The molecule has 0 N–H and O–H groups in total. The van der Waals surface area contributed by atoms with Crippen LogP contribution in [0, 0.1) is 13.8 Å². The molecule has 3 rings (SSSR count). The van der Waals surface area contributed by atoms with Gasteiger partial charge in [-0.1, -0.05) is 0 Å². The average molecular weight is 296 g/mol. The standard InChI is InChI=1S/C17H20N4O/c1-12-15(6-3-8-18-12)17(22)21-10-4-5-14(11-21)16-7-9-19-13(2)20-16/h3,6-9,14H,4-5,10-11H2,1-2H3/t14-/m0/s1. The van der Waals surface area contributed by atoms with Crippen LogP contribution in [0.4, 0.5) is 0 Å². The van der Waals surface area contributed by atoms with E-state index < -0.39 is 0 Å². The summed E-state index contributed by atoms with van der Waals surface area (Å²) in [6.07, 6.45) is 5.57. The van der Waals surface area contributed by atoms with Crippen molar-refractivity contribution >= 4 is 5.91 Å². The number of nitrogens with zero attached hydrogens (tertiary/aromatic N) is 4. The third kappa shape index (κ3) is 2.98. The number of carbonyl (C=O) groups is 1. The van der Waals surface area contributed by atoms with E-state index in [2.05, 4.69) is 15.0 Å². The molecule has 1 aliphatic heterocycles. The van der Waals surface area contributed by atoms with Crippen LogP contribution in [0.1, 0.15) is 46.3 Å². The molecule has 22 heavy (non-hydrogen) atoms. The van der Waals surface area contributed by atoms with Crippen LogP contribution in [0.3, 0.4) is 0 Å². The summed E-state index contributed by atoms with van der Waals surface area (Å²) in [4.78, 5) is 27.5. The highest BCUT2D eigenvalue weighted by atomic mass is 16.2. The Morgan fingerprint density at radius 3 is 2.86 bits per heavy atom. The molecule has 1 saturated heterocycles. The predicted molar refractivity (Wildman–Crippen MR) is 83.6 cm³/mol. The van der Waals surface area contributed by atoms with Crippen LogP contribution >= 0.6 is 0 Å². The Bertz CT molecular complexity index is 686. The van der Waals surface area contributed by atoms with Gasteiger partial charge in [0, 0.05) is 42.8 Å². The number of likely N-dealkylation sites (tertiary alicyclic amines) is 1. The fraction of sp³-hybridized carbons (Fsp3) is 0.412. The monoisotopic (exact) mass is 296 g/mol. The fourth-order valence-corrected chi connectivity index (χ4v) is 2.99. The first-order valence-corrected chi connectivity index (χ1v) is 7.65. The van der Waals surface area contributed by atoms with Gasteiger partial charge in [0.05, 0.1) is 5.56 Å². The van der Waals surface area contributed by atoms with Crippen molar-refractivity contribution in [2.45, 2.75) is 32.6 Å². The summed E-state index contributed by atoms with van der Waals surface area (Å²) in [5.74, 6) is 1.14. The second kappa shape index (κ2) is 6.22. The molecule has 0 saturated carbocycles. The quantitative estimate of drug-likeness (QED) is 0.854. The zero-order valence-corrected chi connectivity index (χ0v) is 13.0. The van der Waals surface area contributed by atoms with E-state index in [1.165, 1.54) is 0 Å². The number of hydrogen-bond acceptors (Lipinski definition) is 4. The van der Waals surface area contributed by atoms with Gasteiger partial charge in [0.2, 0.25) is 0 Å². The summed E-state index contributed by atoms with van der Waals surface area (Å²) in [5.41, 5.74) is 2.52. The molecule has 0 aliphatic carbocycles. The number of aromatic nitrogens is 3. The highest BCUT2D eigenvalue weighted by molar-refractivity contribution is 5.95. The van der Waals surface area contributed by atoms with Crippen molar-refractivity contribution in [1.29, 1.82) is 0 Å². The number of rotatable bonds is 2. The van der Waals surface area contributed by atoms with E-state index in [1.54, 1.807) is 12.4 Å². The van der Waals surface area contributed by atoms with Crippen LogP contribution in [-0.2, 0) is 0 Å². The normalized spacial score (nSPS) is 18.3. The topological polar surface area (TPSA) is 59.0 Å². The van der Waals surface area contributed by atoms with E-state index >= 15 is 0 Å². The maximum absolute atomic E-state index is 12.7. The Kier molecular flexibility index (Phi) is 4.13. The number of piperidine rings is 1. The Hall–Kier alpha value is -2.30.